The predicted molar refractivity (Wildman–Crippen MR) is 94.7 cm³/mol. The summed E-state index contributed by atoms with van der Waals surface area (Å²) >= 11 is 0. The van der Waals surface area contributed by atoms with Gasteiger partial charge in [-0.25, -0.2) is 0 Å². The highest BCUT2D eigenvalue weighted by Gasteiger charge is 2.29. The summed E-state index contributed by atoms with van der Waals surface area (Å²) in [5.41, 5.74) is 1.53. The number of likely N-dealkylation sites (tertiary alicyclic amines) is 1. The second-order valence-electron chi connectivity index (χ2n) is 7.40. The molecule has 5 nitrogen and oxygen atoms in total. The summed E-state index contributed by atoms with van der Waals surface area (Å²) in [7, 11) is 1.89. The standard InChI is InChI=1S/C20H26N2O3/c1-14-3-9-17(10-4-14)21(2)20(25)16-7-5-15(6-8-16)13-22-18(23)11-12-19(22)24/h5-8,14,17H,3-4,9-13H2,1-2H3. The van der Waals surface area contributed by atoms with Gasteiger partial charge in [-0.15, -0.1) is 0 Å². The number of hydrogen-bond acceptors (Lipinski definition) is 3. The molecule has 2 fully saturated rings. The van der Waals surface area contributed by atoms with Crippen LogP contribution < -0.4 is 0 Å². The Kier molecular flexibility index (Phi) is 5.21. The van der Waals surface area contributed by atoms with Crippen molar-refractivity contribution in [1.29, 1.82) is 0 Å². The van der Waals surface area contributed by atoms with E-state index in [1.807, 2.05) is 24.1 Å². The van der Waals surface area contributed by atoms with Gasteiger partial charge in [0.15, 0.2) is 0 Å². The third-order valence-electron chi connectivity index (χ3n) is 5.55. The van der Waals surface area contributed by atoms with Gasteiger partial charge in [0.2, 0.25) is 11.8 Å². The third-order valence-corrected chi connectivity index (χ3v) is 5.55. The van der Waals surface area contributed by atoms with Crippen molar-refractivity contribution in [3.8, 4) is 0 Å². The lowest BCUT2D eigenvalue weighted by atomic mass is 9.86. The van der Waals surface area contributed by atoms with E-state index in [9.17, 15) is 14.4 Å². The lowest BCUT2D eigenvalue weighted by molar-refractivity contribution is -0.139. The van der Waals surface area contributed by atoms with Crippen molar-refractivity contribution in [3.63, 3.8) is 0 Å². The van der Waals surface area contributed by atoms with E-state index >= 15 is 0 Å². The Bertz CT molecular complexity index is 644. The Balaban J connectivity index is 1.62. The van der Waals surface area contributed by atoms with Crippen molar-refractivity contribution in [2.24, 2.45) is 5.92 Å². The first-order valence-corrected chi connectivity index (χ1v) is 9.15. The van der Waals surface area contributed by atoms with Crippen LogP contribution in [0.15, 0.2) is 24.3 Å². The van der Waals surface area contributed by atoms with E-state index < -0.39 is 0 Å². The summed E-state index contributed by atoms with van der Waals surface area (Å²) in [6.07, 6.45) is 5.11. The fourth-order valence-corrected chi connectivity index (χ4v) is 3.73. The lowest BCUT2D eigenvalue weighted by Gasteiger charge is -2.33. The number of nitrogens with zero attached hydrogens (tertiary/aromatic N) is 2. The molecule has 1 aromatic rings. The Morgan fingerprint density at radius 3 is 2.16 bits per heavy atom. The van der Waals surface area contributed by atoms with Crippen molar-refractivity contribution in [1.82, 2.24) is 9.80 Å². The molecule has 0 atom stereocenters. The molecule has 0 bridgehead atoms. The molecule has 1 aliphatic heterocycles. The molecular weight excluding hydrogens is 316 g/mol. The molecule has 1 heterocycles. The van der Waals surface area contributed by atoms with Crippen LogP contribution >= 0.6 is 0 Å². The number of rotatable bonds is 4. The maximum atomic E-state index is 12.7. The maximum absolute atomic E-state index is 12.7. The zero-order chi connectivity index (χ0) is 18.0. The van der Waals surface area contributed by atoms with Crippen LogP contribution in [0.1, 0.15) is 61.4 Å². The second kappa shape index (κ2) is 7.38. The summed E-state index contributed by atoms with van der Waals surface area (Å²) in [6, 6.07) is 7.59. The molecule has 0 aromatic heterocycles. The molecule has 3 amide bonds. The monoisotopic (exact) mass is 342 g/mol. The van der Waals surface area contributed by atoms with Crippen molar-refractivity contribution in [2.45, 2.75) is 58.0 Å². The largest absolute Gasteiger partial charge is 0.339 e. The lowest BCUT2D eigenvalue weighted by Crippen LogP contribution is -2.39. The van der Waals surface area contributed by atoms with Crippen molar-refractivity contribution in [3.05, 3.63) is 35.4 Å². The Hall–Kier alpha value is -2.17. The van der Waals surface area contributed by atoms with E-state index in [4.69, 9.17) is 0 Å². The first kappa shape index (κ1) is 17.6. The fraction of sp³-hybridized carbons (Fsp3) is 0.550. The molecule has 3 rings (SSSR count). The Morgan fingerprint density at radius 2 is 1.60 bits per heavy atom. The van der Waals surface area contributed by atoms with Crippen LogP contribution in [0.5, 0.6) is 0 Å². The molecule has 5 heteroatoms. The van der Waals surface area contributed by atoms with Gasteiger partial charge in [0.25, 0.3) is 5.91 Å². The third kappa shape index (κ3) is 3.91. The van der Waals surface area contributed by atoms with Gasteiger partial charge in [-0.2, -0.15) is 0 Å². The molecule has 2 aliphatic rings. The number of carbonyl (C=O) groups is 3. The number of hydrogen-bond donors (Lipinski definition) is 0. The molecule has 1 aromatic carbocycles. The fourth-order valence-electron chi connectivity index (χ4n) is 3.73. The summed E-state index contributed by atoms with van der Waals surface area (Å²) in [4.78, 5) is 39.3. The first-order chi connectivity index (χ1) is 12.0. The van der Waals surface area contributed by atoms with Crippen LogP contribution in [-0.2, 0) is 16.1 Å². The van der Waals surface area contributed by atoms with Gasteiger partial charge >= 0.3 is 0 Å². The summed E-state index contributed by atoms with van der Waals surface area (Å²) in [5, 5.41) is 0. The van der Waals surface area contributed by atoms with Crippen molar-refractivity contribution < 1.29 is 14.4 Å². The summed E-state index contributed by atoms with van der Waals surface area (Å²) < 4.78 is 0. The van der Waals surface area contributed by atoms with E-state index in [0.29, 0.717) is 31.0 Å². The van der Waals surface area contributed by atoms with Crippen LogP contribution in [0.3, 0.4) is 0 Å². The predicted octanol–water partition coefficient (Wildman–Crippen LogP) is 2.99. The number of carbonyl (C=O) groups excluding carboxylic acids is 3. The molecule has 0 N–H and O–H groups in total. The molecule has 0 unspecified atom stereocenters. The van der Waals surface area contributed by atoms with Gasteiger partial charge in [-0.05, 0) is 49.3 Å². The molecule has 1 saturated carbocycles. The van der Waals surface area contributed by atoms with Crippen molar-refractivity contribution >= 4 is 17.7 Å². The molecule has 25 heavy (non-hydrogen) atoms. The van der Waals surface area contributed by atoms with E-state index in [1.54, 1.807) is 12.1 Å². The smallest absolute Gasteiger partial charge is 0.253 e. The SMILES string of the molecule is CC1CCC(N(C)C(=O)c2ccc(CN3C(=O)CCC3=O)cc2)CC1. The highest BCUT2D eigenvalue weighted by Crippen LogP contribution is 2.27. The molecule has 1 aliphatic carbocycles. The zero-order valence-corrected chi connectivity index (χ0v) is 15.0. The van der Waals surface area contributed by atoms with Crippen LogP contribution in [-0.4, -0.2) is 40.6 Å². The first-order valence-electron chi connectivity index (χ1n) is 9.15. The average molecular weight is 342 g/mol. The van der Waals surface area contributed by atoms with E-state index in [2.05, 4.69) is 6.92 Å². The van der Waals surface area contributed by atoms with Gasteiger partial charge in [0.1, 0.15) is 0 Å². The quantitative estimate of drug-likeness (QED) is 0.791. The minimum absolute atomic E-state index is 0.0411. The summed E-state index contributed by atoms with van der Waals surface area (Å²) in [5.74, 6) is 0.572. The average Bonchev–Trinajstić information content (AvgIpc) is 2.94. The minimum atomic E-state index is -0.114. The van der Waals surface area contributed by atoms with Gasteiger partial charge in [-0.1, -0.05) is 19.1 Å². The highest BCUT2D eigenvalue weighted by molar-refractivity contribution is 6.01. The van der Waals surface area contributed by atoms with Gasteiger partial charge in [0.05, 0.1) is 6.54 Å². The van der Waals surface area contributed by atoms with E-state index in [0.717, 1.165) is 24.3 Å². The molecule has 0 spiro atoms. The normalized spacial score (nSPS) is 23.8. The van der Waals surface area contributed by atoms with E-state index in [-0.39, 0.29) is 17.7 Å². The Morgan fingerprint density at radius 1 is 1.04 bits per heavy atom. The van der Waals surface area contributed by atoms with Crippen LogP contribution in [0, 0.1) is 5.92 Å². The number of amides is 3. The van der Waals surface area contributed by atoms with E-state index in [1.165, 1.54) is 17.7 Å². The maximum Gasteiger partial charge on any atom is 0.253 e. The number of benzene rings is 1. The molecule has 1 saturated heterocycles. The van der Waals surface area contributed by atoms with Crippen molar-refractivity contribution in [2.75, 3.05) is 7.05 Å². The van der Waals surface area contributed by atoms with Crippen LogP contribution in [0.2, 0.25) is 0 Å². The number of imide groups is 1. The highest BCUT2D eigenvalue weighted by atomic mass is 16.2. The minimum Gasteiger partial charge on any atom is -0.339 e. The second-order valence-corrected chi connectivity index (χ2v) is 7.40. The van der Waals surface area contributed by atoms with Gasteiger partial charge < -0.3 is 4.90 Å². The Labute approximate surface area is 149 Å². The molecule has 134 valence electrons. The topological polar surface area (TPSA) is 57.7 Å². The van der Waals surface area contributed by atoms with Gasteiger partial charge in [-0.3, -0.25) is 19.3 Å². The van der Waals surface area contributed by atoms with Crippen LogP contribution in [0.25, 0.3) is 0 Å². The van der Waals surface area contributed by atoms with Crippen LogP contribution in [0.4, 0.5) is 0 Å². The molecule has 0 radical (unpaired) electrons. The van der Waals surface area contributed by atoms with Gasteiger partial charge in [0, 0.05) is 31.5 Å². The zero-order valence-electron chi connectivity index (χ0n) is 15.0. The molecular formula is C20H26N2O3. The summed E-state index contributed by atoms with van der Waals surface area (Å²) in [6.45, 7) is 2.56.